The maximum absolute atomic E-state index is 14.4. The number of aliphatic hydroxyl groups is 2. The summed E-state index contributed by atoms with van der Waals surface area (Å²) in [6.45, 7) is 13.2. The van der Waals surface area contributed by atoms with E-state index in [4.69, 9.17) is 20.4 Å². The number of halogens is 1. The molecule has 4 saturated carbocycles. The minimum atomic E-state index is -1.17. The average molecular weight is 884 g/mol. The third-order valence-corrected chi connectivity index (χ3v) is 15.0. The number of thiazole rings is 1. The van der Waals surface area contributed by atoms with Gasteiger partial charge in [-0.2, -0.15) is 0 Å². The van der Waals surface area contributed by atoms with E-state index in [0.717, 1.165) is 75.7 Å². The van der Waals surface area contributed by atoms with E-state index in [0.29, 0.717) is 94.0 Å². The molecular weight excluding hydrogens is 822 g/mol. The highest BCUT2D eigenvalue weighted by Crippen LogP contribution is 2.66. The normalized spacial score (nSPS) is 25.8. The first-order chi connectivity index (χ1) is 30.2. The minimum Gasteiger partial charge on any atom is -0.476 e. The molecule has 0 spiro atoms. The molecule has 4 bridgehead atoms. The maximum atomic E-state index is 14.4. The maximum Gasteiger partial charge on any atom is 0.355 e. The zero-order valence-electron chi connectivity index (χ0n) is 37.0. The van der Waals surface area contributed by atoms with Gasteiger partial charge >= 0.3 is 5.97 Å². The number of nitrogens with two attached hydrogens (primary N) is 1. The number of carboxylic acid groups (broad SMARTS) is 1. The van der Waals surface area contributed by atoms with E-state index in [2.05, 4.69) is 39.2 Å². The first kappa shape index (κ1) is 45.0. The number of hydrogen-bond acceptors (Lipinski definition) is 14. The molecule has 16 heteroatoms. The van der Waals surface area contributed by atoms with Gasteiger partial charge in [0, 0.05) is 80.1 Å². The van der Waals surface area contributed by atoms with Crippen LogP contribution in [0.5, 0.6) is 0 Å². The van der Waals surface area contributed by atoms with Crippen molar-refractivity contribution < 1.29 is 29.2 Å². The highest BCUT2D eigenvalue weighted by Gasteiger charge is 2.60. The van der Waals surface area contributed by atoms with Crippen LogP contribution in [0.4, 0.5) is 27.0 Å². The van der Waals surface area contributed by atoms with Crippen molar-refractivity contribution in [3.8, 4) is 0 Å². The number of nitrogens with one attached hydrogen (secondary N) is 1. The molecule has 0 radical (unpaired) electrons. The van der Waals surface area contributed by atoms with E-state index in [-0.39, 0.29) is 41.2 Å². The summed E-state index contributed by atoms with van der Waals surface area (Å²) in [5.74, 6) is 0.905. The second-order valence-corrected chi connectivity index (χ2v) is 20.2. The molecule has 338 valence electrons. The van der Waals surface area contributed by atoms with Crippen molar-refractivity contribution in [2.45, 2.75) is 97.5 Å². The standard InChI is InChI=1S/C47H62FN9O5S/c1-29-33-9-6-16-57(42(33)55-54-41(29)53-44-51-37-11-5-10-36(48)40(37)63-44)38-13-12-34(39(52-38)43(60)61)35(24-49)30(2)50-25-32-22-46(4)26-45(3)21-31(32)23-47(27-45,28-46)62-20-17-56(14-7-18-58)15-8-19-59/h5,10-13,24,31-32,58-59H,6-9,14-23,25-28,49H2,1-4H3,(H,60,61)(H,51,53,54)/b35-24+,50-30?. The van der Waals surface area contributed by atoms with Crippen molar-refractivity contribution in [3.05, 3.63) is 64.7 Å². The SMILES string of the molecule is CC(=NCC1CC2(C)CC3(C)CC1CC(OCCN(CCCO)CCCO)(C2)C3)/C(=C\N)c1ccc(N2CCCc3c2nnc(Nc2nc4cccc(F)c4s2)c3C)nc1C(=O)O. The zero-order chi connectivity index (χ0) is 44.5. The molecule has 63 heavy (non-hydrogen) atoms. The highest BCUT2D eigenvalue weighted by atomic mass is 32.1. The Hall–Kier alpha value is -4.61. The number of aromatic carboxylic acids is 1. The van der Waals surface area contributed by atoms with Gasteiger partial charge in [-0.1, -0.05) is 31.3 Å². The molecule has 1 aliphatic heterocycles. The van der Waals surface area contributed by atoms with E-state index in [1.165, 1.54) is 30.0 Å². The Balaban J connectivity index is 0.981. The number of aliphatic imine (C=N–C) groups is 1. The minimum absolute atomic E-state index is 0.117. The molecule has 6 N–H and O–H groups in total. The summed E-state index contributed by atoms with van der Waals surface area (Å²) < 4.78 is 21.8. The quantitative estimate of drug-likeness (QED) is 0.0612. The van der Waals surface area contributed by atoms with Crippen LogP contribution in [0.1, 0.15) is 106 Å². The van der Waals surface area contributed by atoms with Crippen LogP contribution in [0.3, 0.4) is 0 Å². The molecule has 4 fully saturated rings. The van der Waals surface area contributed by atoms with Crippen molar-refractivity contribution >= 4 is 61.4 Å². The van der Waals surface area contributed by atoms with E-state index in [1.807, 2.05) is 24.8 Å². The van der Waals surface area contributed by atoms with Crippen LogP contribution in [-0.4, -0.2) is 110 Å². The molecule has 1 aromatic carbocycles. The summed E-state index contributed by atoms with van der Waals surface area (Å²) in [5, 5.41) is 42.2. The number of hydrogen-bond donors (Lipinski definition) is 5. The smallest absolute Gasteiger partial charge is 0.355 e. The fourth-order valence-electron chi connectivity index (χ4n) is 11.9. The first-order valence-corrected chi connectivity index (χ1v) is 23.3. The fraction of sp³-hybridized carbons (Fsp3) is 0.574. The van der Waals surface area contributed by atoms with Gasteiger partial charge in [0.05, 0.1) is 22.4 Å². The van der Waals surface area contributed by atoms with Gasteiger partial charge in [-0.05, 0) is 125 Å². The molecule has 5 aliphatic rings. The lowest BCUT2D eigenvalue weighted by atomic mass is 9.53. The summed E-state index contributed by atoms with van der Waals surface area (Å²) in [7, 11) is 0. The number of aromatic nitrogens is 4. The molecule has 14 nitrogen and oxygen atoms in total. The van der Waals surface area contributed by atoms with Gasteiger partial charge in [0.15, 0.2) is 22.5 Å². The topological polar surface area (TPSA) is 195 Å². The third kappa shape index (κ3) is 9.47. The highest BCUT2D eigenvalue weighted by molar-refractivity contribution is 7.22. The molecule has 0 saturated heterocycles. The zero-order valence-corrected chi connectivity index (χ0v) is 37.8. The monoisotopic (exact) mass is 883 g/mol. The van der Waals surface area contributed by atoms with E-state index < -0.39 is 5.97 Å². The molecular formula is C47H62FN9O5S. The number of fused-ring (bicyclic) bond motifs is 3. The Morgan fingerprint density at radius 3 is 2.54 bits per heavy atom. The number of nitrogens with zero attached hydrogens (tertiary/aromatic N) is 7. The predicted octanol–water partition coefficient (Wildman–Crippen LogP) is 7.66. The Bertz CT molecular complexity index is 2390. The lowest BCUT2D eigenvalue weighted by molar-refractivity contribution is -0.165. The largest absolute Gasteiger partial charge is 0.476 e. The van der Waals surface area contributed by atoms with Crippen molar-refractivity contribution in [1.82, 2.24) is 25.1 Å². The van der Waals surface area contributed by atoms with Crippen LogP contribution in [0.2, 0.25) is 0 Å². The Morgan fingerprint density at radius 1 is 1.06 bits per heavy atom. The Morgan fingerprint density at radius 2 is 1.83 bits per heavy atom. The van der Waals surface area contributed by atoms with Gasteiger partial charge in [0.1, 0.15) is 11.6 Å². The van der Waals surface area contributed by atoms with Crippen LogP contribution in [0, 0.1) is 35.4 Å². The van der Waals surface area contributed by atoms with Crippen LogP contribution in [0.25, 0.3) is 15.8 Å². The molecule has 4 aromatic rings. The predicted molar refractivity (Wildman–Crippen MR) is 246 cm³/mol. The van der Waals surface area contributed by atoms with Gasteiger partial charge in [0.25, 0.3) is 0 Å². The van der Waals surface area contributed by atoms with Crippen LogP contribution in [0.15, 0.2) is 41.5 Å². The second-order valence-electron chi connectivity index (χ2n) is 19.2. The molecule has 4 aliphatic carbocycles. The van der Waals surface area contributed by atoms with Crippen LogP contribution >= 0.6 is 11.3 Å². The molecule has 4 heterocycles. The molecule has 5 atom stereocenters. The van der Waals surface area contributed by atoms with E-state index >= 15 is 0 Å². The van der Waals surface area contributed by atoms with Gasteiger partial charge in [-0.15, -0.1) is 10.2 Å². The fourth-order valence-corrected chi connectivity index (χ4v) is 12.8. The van der Waals surface area contributed by atoms with Gasteiger partial charge in [0.2, 0.25) is 0 Å². The number of anilines is 4. The lowest BCUT2D eigenvalue weighted by Crippen LogP contribution is -2.53. The van der Waals surface area contributed by atoms with Gasteiger partial charge in [-0.25, -0.2) is 19.2 Å². The molecule has 0 amide bonds. The third-order valence-electron chi connectivity index (χ3n) is 14.0. The van der Waals surface area contributed by atoms with Gasteiger partial charge < -0.3 is 40.9 Å². The number of carboxylic acids is 1. The summed E-state index contributed by atoms with van der Waals surface area (Å²) in [6.07, 6.45) is 10.9. The summed E-state index contributed by atoms with van der Waals surface area (Å²) >= 11 is 1.22. The number of aliphatic hydroxyl groups excluding tert-OH is 2. The summed E-state index contributed by atoms with van der Waals surface area (Å²) in [6, 6.07) is 8.40. The summed E-state index contributed by atoms with van der Waals surface area (Å²) in [5.41, 5.74) is 10.3. The number of rotatable bonds is 18. The molecule has 5 unspecified atom stereocenters. The van der Waals surface area contributed by atoms with Crippen molar-refractivity contribution in [2.75, 3.05) is 62.8 Å². The number of ether oxygens (including phenoxy) is 1. The Kier molecular flexibility index (Phi) is 13.2. The van der Waals surface area contributed by atoms with Crippen molar-refractivity contribution in [1.29, 1.82) is 0 Å². The number of carbonyl (C=O) groups is 1. The number of pyridine rings is 1. The van der Waals surface area contributed by atoms with Crippen molar-refractivity contribution in [3.63, 3.8) is 0 Å². The lowest BCUT2D eigenvalue weighted by Gasteiger charge is -2.56. The van der Waals surface area contributed by atoms with Gasteiger partial charge in [-0.3, -0.25) is 4.99 Å². The number of benzene rings is 1. The van der Waals surface area contributed by atoms with Crippen LogP contribution in [-0.2, 0) is 11.2 Å². The van der Waals surface area contributed by atoms with Crippen molar-refractivity contribution in [2.24, 2.45) is 33.4 Å². The van der Waals surface area contributed by atoms with E-state index in [1.54, 1.807) is 18.2 Å². The average Bonchev–Trinajstić information content (AvgIpc) is 3.61. The molecule has 3 aromatic heterocycles. The van der Waals surface area contributed by atoms with Crippen LogP contribution < -0.4 is 16.0 Å². The molecule has 9 rings (SSSR count). The second kappa shape index (κ2) is 18.5. The summed E-state index contributed by atoms with van der Waals surface area (Å²) in [4.78, 5) is 31.5. The Labute approximate surface area is 372 Å². The first-order valence-electron chi connectivity index (χ1n) is 22.5. The van der Waals surface area contributed by atoms with E-state index in [9.17, 15) is 24.5 Å². The number of allylic oxidation sites excluding steroid dienone is 1.